The fourth-order valence-electron chi connectivity index (χ4n) is 1.76. The van der Waals surface area contributed by atoms with Gasteiger partial charge in [-0.25, -0.2) is 0 Å². The molecule has 0 fully saturated rings. The summed E-state index contributed by atoms with van der Waals surface area (Å²) in [6, 6.07) is 0. The lowest BCUT2D eigenvalue weighted by molar-refractivity contribution is -0.141. The van der Waals surface area contributed by atoms with Gasteiger partial charge in [0.1, 0.15) is 0 Å². The largest absolute Gasteiger partial charge is 0.469 e. The van der Waals surface area contributed by atoms with Gasteiger partial charge in [0, 0.05) is 44.1 Å². The van der Waals surface area contributed by atoms with Crippen molar-refractivity contribution in [1.82, 2.24) is 9.47 Å². The highest BCUT2D eigenvalue weighted by Crippen LogP contribution is 2.03. The van der Waals surface area contributed by atoms with E-state index in [-0.39, 0.29) is 23.2 Å². The maximum absolute atomic E-state index is 11.9. The Bertz CT molecular complexity index is 521. The molecule has 6 nitrogen and oxygen atoms in total. The predicted octanol–water partition coefficient (Wildman–Crippen LogP) is 1.02. The first-order valence-electron chi connectivity index (χ1n) is 6.41. The summed E-state index contributed by atoms with van der Waals surface area (Å²) in [4.78, 5) is 35.9. The fraction of sp³-hybridized carbons (Fsp3) is 0.615. The van der Waals surface area contributed by atoms with Gasteiger partial charge in [0.25, 0.3) is 0 Å². The summed E-state index contributed by atoms with van der Waals surface area (Å²) in [7, 11) is 3.04. The van der Waals surface area contributed by atoms with Gasteiger partial charge in [-0.1, -0.05) is 11.3 Å². The number of carbonyl (C=O) groups excluding carboxylic acids is 2. The molecule has 0 saturated carbocycles. The molecular formula is C13H20N2O4S. The molecule has 0 saturated heterocycles. The number of aromatic nitrogens is 1. The van der Waals surface area contributed by atoms with Crippen LogP contribution in [-0.2, 0) is 20.9 Å². The molecule has 112 valence electrons. The number of nitrogens with zero attached hydrogens (tertiary/aromatic N) is 2. The van der Waals surface area contributed by atoms with Gasteiger partial charge in [0.15, 0.2) is 0 Å². The van der Waals surface area contributed by atoms with E-state index < -0.39 is 0 Å². The molecule has 0 aliphatic carbocycles. The highest BCUT2D eigenvalue weighted by molar-refractivity contribution is 7.07. The van der Waals surface area contributed by atoms with E-state index in [0.29, 0.717) is 25.9 Å². The molecular weight excluding hydrogens is 280 g/mol. The van der Waals surface area contributed by atoms with E-state index in [2.05, 4.69) is 4.74 Å². The van der Waals surface area contributed by atoms with Gasteiger partial charge >= 0.3 is 10.8 Å². The lowest BCUT2D eigenvalue weighted by atomic mass is 10.3. The molecule has 0 unspecified atom stereocenters. The van der Waals surface area contributed by atoms with E-state index in [1.54, 1.807) is 21.9 Å². The number of hydrogen-bond donors (Lipinski definition) is 0. The molecule has 1 aromatic heterocycles. The number of rotatable bonds is 7. The number of ether oxygens (including phenoxy) is 1. The third-order valence-corrected chi connectivity index (χ3v) is 3.93. The molecule has 1 heterocycles. The zero-order chi connectivity index (χ0) is 15.1. The Morgan fingerprint density at radius 3 is 2.65 bits per heavy atom. The summed E-state index contributed by atoms with van der Waals surface area (Å²) in [5, 5.41) is 1.78. The molecule has 20 heavy (non-hydrogen) atoms. The van der Waals surface area contributed by atoms with Crippen LogP contribution in [0.4, 0.5) is 0 Å². The van der Waals surface area contributed by atoms with Crippen LogP contribution in [0.15, 0.2) is 10.2 Å². The zero-order valence-electron chi connectivity index (χ0n) is 12.0. The fourth-order valence-corrected chi connectivity index (χ4v) is 2.52. The standard InChI is InChI=1S/C13H20N2O4S/c1-10-9-20-13(18)15(10)8-6-11(16)14(2)7-4-5-12(17)19-3/h9H,4-8H2,1-3H3. The smallest absolute Gasteiger partial charge is 0.307 e. The number of esters is 1. The van der Waals surface area contributed by atoms with Crippen LogP contribution >= 0.6 is 11.3 Å². The molecule has 1 aromatic rings. The van der Waals surface area contributed by atoms with Gasteiger partial charge in [-0.15, -0.1) is 0 Å². The summed E-state index contributed by atoms with van der Waals surface area (Å²) in [6.07, 6.45) is 1.16. The minimum atomic E-state index is -0.272. The van der Waals surface area contributed by atoms with Crippen LogP contribution in [0.5, 0.6) is 0 Å². The van der Waals surface area contributed by atoms with Crippen molar-refractivity contribution in [2.24, 2.45) is 0 Å². The second-order valence-electron chi connectivity index (χ2n) is 4.54. The lowest BCUT2D eigenvalue weighted by Gasteiger charge is -2.17. The van der Waals surface area contributed by atoms with Crippen molar-refractivity contribution in [1.29, 1.82) is 0 Å². The number of methoxy groups -OCH3 is 1. The maximum atomic E-state index is 11.9. The van der Waals surface area contributed by atoms with Crippen LogP contribution in [0.25, 0.3) is 0 Å². The van der Waals surface area contributed by atoms with Gasteiger partial charge in [0.05, 0.1) is 7.11 Å². The van der Waals surface area contributed by atoms with Gasteiger partial charge in [-0.2, -0.15) is 0 Å². The van der Waals surface area contributed by atoms with E-state index in [1.165, 1.54) is 7.11 Å². The monoisotopic (exact) mass is 300 g/mol. The Balaban J connectivity index is 2.35. The van der Waals surface area contributed by atoms with E-state index in [0.717, 1.165) is 17.0 Å². The number of carbonyl (C=O) groups is 2. The molecule has 0 bridgehead atoms. The van der Waals surface area contributed by atoms with Crippen LogP contribution in [0.3, 0.4) is 0 Å². The molecule has 0 aromatic carbocycles. The maximum Gasteiger partial charge on any atom is 0.307 e. The molecule has 0 radical (unpaired) electrons. The first-order chi connectivity index (χ1) is 9.45. The second-order valence-corrected chi connectivity index (χ2v) is 5.36. The Morgan fingerprint density at radius 2 is 2.10 bits per heavy atom. The summed E-state index contributed by atoms with van der Waals surface area (Å²) in [5.41, 5.74) is 0.876. The normalized spacial score (nSPS) is 10.3. The van der Waals surface area contributed by atoms with Gasteiger partial charge in [-0.3, -0.25) is 14.4 Å². The van der Waals surface area contributed by atoms with Crippen LogP contribution in [-0.4, -0.2) is 42.0 Å². The zero-order valence-corrected chi connectivity index (χ0v) is 12.9. The predicted molar refractivity (Wildman–Crippen MR) is 76.8 cm³/mol. The summed E-state index contributed by atoms with van der Waals surface area (Å²) < 4.78 is 6.14. The highest BCUT2D eigenvalue weighted by Gasteiger charge is 2.11. The van der Waals surface area contributed by atoms with Gasteiger partial charge in [-0.05, 0) is 13.3 Å². The van der Waals surface area contributed by atoms with Crippen LogP contribution in [0, 0.1) is 6.92 Å². The quantitative estimate of drug-likeness (QED) is 0.705. The van der Waals surface area contributed by atoms with Crippen LogP contribution < -0.4 is 4.87 Å². The van der Waals surface area contributed by atoms with Crippen molar-refractivity contribution in [3.8, 4) is 0 Å². The summed E-state index contributed by atoms with van der Waals surface area (Å²) >= 11 is 1.14. The molecule has 0 N–H and O–H groups in total. The molecule has 1 amide bonds. The average Bonchev–Trinajstić information content (AvgIpc) is 2.75. The number of thiazole rings is 1. The van der Waals surface area contributed by atoms with Crippen molar-refractivity contribution in [3.63, 3.8) is 0 Å². The molecule has 0 spiro atoms. The topological polar surface area (TPSA) is 68.6 Å². The minimum Gasteiger partial charge on any atom is -0.469 e. The summed E-state index contributed by atoms with van der Waals surface area (Å²) in [5.74, 6) is -0.307. The third-order valence-electron chi connectivity index (χ3n) is 3.05. The second kappa shape index (κ2) is 7.84. The van der Waals surface area contributed by atoms with E-state index >= 15 is 0 Å². The van der Waals surface area contributed by atoms with Crippen molar-refractivity contribution >= 4 is 23.2 Å². The SMILES string of the molecule is COC(=O)CCCN(C)C(=O)CCn1c(C)csc1=O. The van der Waals surface area contributed by atoms with Crippen LogP contribution in [0.2, 0.25) is 0 Å². The van der Waals surface area contributed by atoms with Gasteiger partial charge in [0.2, 0.25) is 5.91 Å². The van der Waals surface area contributed by atoms with Crippen molar-refractivity contribution in [2.45, 2.75) is 32.7 Å². The average molecular weight is 300 g/mol. The number of hydrogen-bond acceptors (Lipinski definition) is 5. The van der Waals surface area contributed by atoms with Crippen LogP contribution in [0.1, 0.15) is 25.0 Å². The molecule has 0 atom stereocenters. The third kappa shape index (κ3) is 4.80. The molecule has 0 aliphatic rings. The first-order valence-corrected chi connectivity index (χ1v) is 7.29. The summed E-state index contributed by atoms with van der Waals surface area (Å²) in [6.45, 7) is 2.75. The molecule has 1 rings (SSSR count). The Morgan fingerprint density at radius 1 is 1.40 bits per heavy atom. The number of amides is 1. The van der Waals surface area contributed by atoms with E-state index in [1.807, 2.05) is 6.92 Å². The first kappa shape index (κ1) is 16.4. The molecule has 0 aliphatic heterocycles. The molecule has 7 heteroatoms. The van der Waals surface area contributed by atoms with Crippen molar-refractivity contribution < 1.29 is 14.3 Å². The van der Waals surface area contributed by atoms with Crippen molar-refractivity contribution in [2.75, 3.05) is 20.7 Å². The Labute approximate surface area is 122 Å². The number of aryl methyl sites for hydroxylation is 1. The minimum absolute atomic E-state index is 0.0348. The highest BCUT2D eigenvalue weighted by atomic mass is 32.1. The van der Waals surface area contributed by atoms with Gasteiger partial charge < -0.3 is 14.2 Å². The van der Waals surface area contributed by atoms with E-state index in [9.17, 15) is 14.4 Å². The van der Waals surface area contributed by atoms with Crippen molar-refractivity contribution in [3.05, 3.63) is 20.7 Å². The lowest BCUT2D eigenvalue weighted by Crippen LogP contribution is -2.30. The Kier molecular flexibility index (Phi) is 6.44. The Hall–Kier alpha value is -1.63. The van der Waals surface area contributed by atoms with E-state index in [4.69, 9.17) is 0 Å².